The van der Waals surface area contributed by atoms with Crippen molar-refractivity contribution in [1.82, 2.24) is 55.6 Å². The first-order chi connectivity index (χ1) is 54.9. The average Bonchev–Trinajstić information content (AvgIpc) is 0.799. The number of nitrogens with two attached hydrogens (primary N) is 1. The third-order valence-electron chi connectivity index (χ3n) is 19.8. The molecule has 9 N–H and O–H groups in total. The van der Waals surface area contributed by atoms with Crippen molar-refractivity contribution in [3.05, 3.63) is 24.3 Å². The molecule has 0 aliphatic heterocycles. The van der Waals surface area contributed by atoms with Gasteiger partial charge in [0.15, 0.2) is 0 Å². The Balaban J connectivity index is -0.00000198. The maximum absolute atomic E-state index is 14.7. The number of hydrogen-bond acceptors (Lipinski definition) is 24. The minimum Gasteiger partial charge on any atom is -0.480 e. The Labute approximate surface area is 714 Å². The molecule has 0 fully saturated rings. The van der Waals surface area contributed by atoms with Crippen LogP contribution in [0.25, 0.3) is 0 Å². The molecule has 692 valence electrons. The fraction of sp³-hybridized carbons (Fsp3) is 0.776. The third-order valence-corrected chi connectivity index (χ3v) is 19.8. The van der Waals surface area contributed by atoms with Crippen molar-refractivity contribution < 1.29 is 111 Å². The lowest BCUT2D eigenvalue weighted by Crippen LogP contribution is -2.63. The number of allylic oxidation sites excluding steroid dienone is 4. The highest BCUT2D eigenvalue weighted by Gasteiger charge is 2.49. The molecule has 0 spiro atoms. The van der Waals surface area contributed by atoms with Crippen LogP contribution in [0.4, 0.5) is 4.79 Å². The number of methoxy groups -OCH3 is 2. The zero-order valence-electron chi connectivity index (χ0n) is 78.7. The van der Waals surface area contributed by atoms with E-state index in [1.807, 2.05) is 65.8 Å². The van der Waals surface area contributed by atoms with Crippen molar-refractivity contribution in [1.29, 1.82) is 0 Å². The Morgan fingerprint density at radius 1 is 0.442 bits per heavy atom. The molecular weight excluding hydrogens is 1560 g/mol. The van der Waals surface area contributed by atoms with Crippen LogP contribution in [-0.2, 0) is 90.8 Å². The molecule has 0 radical (unpaired) electrons. The van der Waals surface area contributed by atoms with Gasteiger partial charge in [-0.2, -0.15) is 0 Å². The SMILES string of the molecule is C/C=C/C[C@@H](C)[C@@H](OC(C)=O)[C@@H](C(=O)N[C@@H](CC)C(=O)OC)N(C)C(=O)[C@H](C(C)C)N(C)C(=O)[C@H](CC(C)C)N(C)C(=O)[C@H](CC(C)(C)O)N(C)C(=O)[C@@H](C)N.C/C=C/C[C@@H](C)[C@@H](OC(C)=O)[C@@H](C(=O)N[C@@H](CC)C(=O)OC)N(C)C(=O)[C@H](C(C)C)N(C)C(=O)[C@H](CC(C)C)N(C)C(=O)[C@H](CC(C)(C)O)NC.C[C@@H](NC(=O)OC(C)(C)C)C(=O)O. The van der Waals surface area contributed by atoms with Gasteiger partial charge in [-0.3, -0.25) is 57.5 Å². The second-order valence-corrected chi connectivity index (χ2v) is 34.8. The van der Waals surface area contributed by atoms with E-state index in [2.05, 4.69) is 21.3 Å². The minimum absolute atomic E-state index is 0.00154. The molecular formula is C85H154N12O23. The van der Waals surface area contributed by atoms with Crippen LogP contribution in [0.15, 0.2) is 24.3 Å². The van der Waals surface area contributed by atoms with Crippen molar-refractivity contribution in [2.45, 2.75) is 326 Å². The molecule has 0 saturated heterocycles. The molecule has 0 aliphatic rings. The van der Waals surface area contributed by atoms with E-state index in [-0.39, 0.29) is 49.8 Å². The van der Waals surface area contributed by atoms with Gasteiger partial charge in [-0.25, -0.2) is 14.4 Å². The molecule has 120 heavy (non-hydrogen) atoms. The Kier molecular flexibility index (Phi) is 51.7. The molecule has 0 aromatic rings. The normalized spacial score (nSPS) is 15.8. The van der Waals surface area contributed by atoms with E-state index in [1.165, 1.54) is 134 Å². The highest BCUT2D eigenvalue weighted by molar-refractivity contribution is 5.98. The molecule has 0 saturated carbocycles. The number of carbonyl (C=O) groups is 15. The molecule has 0 heterocycles. The van der Waals surface area contributed by atoms with Gasteiger partial charge in [-0.15, -0.1) is 0 Å². The number of hydrogen-bond donors (Lipinski definition) is 8. The number of rotatable bonds is 45. The topological polar surface area (TPSA) is 460 Å². The summed E-state index contributed by atoms with van der Waals surface area (Å²) in [6.45, 7) is 41.8. The lowest BCUT2D eigenvalue weighted by atomic mass is 9.91. The van der Waals surface area contributed by atoms with E-state index in [9.17, 15) is 82.1 Å². The number of carbonyl (C=O) groups excluding carboxylic acids is 14. The molecule has 35 nitrogen and oxygen atoms in total. The summed E-state index contributed by atoms with van der Waals surface area (Å²) in [6, 6.07) is -13.0. The Hall–Kier alpha value is -8.83. The molecule has 0 aromatic heterocycles. The second-order valence-electron chi connectivity index (χ2n) is 34.8. The molecule has 0 bridgehead atoms. The number of likely N-dealkylation sites (N-methyl/N-ethyl adjacent to an activating group) is 8. The highest BCUT2D eigenvalue weighted by atomic mass is 16.6. The number of aliphatic hydroxyl groups is 2. The number of amides is 10. The summed E-state index contributed by atoms with van der Waals surface area (Å²) in [4.78, 5) is 207. The van der Waals surface area contributed by atoms with E-state index in [0.717, 1.165) is 4.90 Å². The summed E-state index contributed by atoms with van der Waals surface area (Å²) in [5.74, 6) is -11.1. The zero-order valence-corrected chi connectivity index (χ0v) is 78.7. The first-order valence-electron chi connectivity index (χ1n) is 41.2. The number of nitrogens with one attached hydrogen (secondary N) is 4. The molecule has 10 amide bonds. The largest absolute Gasteiger partial charge is 0.480 e. The molecule has 16 atom stereocenters. The molecule has 0 aromatic carbocycles. The quantitative estimate of drug-likeness (QED) is 0.0208. The van der Waals surface area contributed by atoms with Crippen LogP contribution < -0.4 is 27.0 Å². The number of alkyl carbamates (subject to hydrolysis) is 1. The molecule has 0 aliphatic carbocycles. The van der Waals surface area contributed by atoms with Gasteiger partial charge in [-0.1, -0.05) is 107 Å². The predicted octanol–water partition coefficient (Wildman–Crippen LogP) is 5.61. The number of aliphatic carboxylic acids is 1. The van der Waals surface area contributed by atoms with Gasteiger partial charge in [-0.05, 0) is 164 Å². The fourth-order valence-corrected chi connectivity index (χ4v) is 13.3. The number of carboxylic acid groups (broad SMARTS) is 1. The zero-order chi connectivity index (χ0) is 94.6. The fourth-order valence-electron chi connectivity index (χ4n) is 13.3. The van der Waals surface area contributed by atoms with Gasteiger partial charge < -0.3 is 100 Å². The van der Waals surface area contributed by atoms with Crippen LogP contribution in [0.5, 0.6) is 0 Å². The van der Waals surface area contributed by atoms with Crippen LogP contribution in [0.3, 0.4) is 0 Å². The van der Waals surface area contributed by atoms with Crippen molar-refractivity contribution in [2.24, 2.45) is 41.2 Å². The minimum atomic E-state index is -1.44. The van der Waals surface area contributed by atoms with Gasteiger partial charge in [0.2, 0.25) is 53.2 Å². The molecule has 0 unspecified atom stereocenters. The second kappa shape index (κ2) is 53.8. The van der Waals surface area contributed by atoms with Crippen molar-refractivity contribution in [3.63, 3.8) is 0 Å². The van der Waals surface area contributed by atoms with Crippen LogP contribution in [0.2, 0.25) is 0 Å². The summed E-state index contributed by atoms with van der Waals surface area (Å²) in [5.41, 5.74) is 2.74. The molecule has 35 heteroatoms. The van der Waals surface area contributed by atoms with Crippen LogP contribution >= 0.6 is 0 Å². The van der Waals surface area contributed by atoms with Crippen LogP contribution in [0.1, 0.15) is 224 Å². The summed E-state index contributed by atoms with van der Waals surface area (Å²) in [7, 11) is 14.1. The van der Waals surface area contributed by atoms with Gasteiger partial charge in [0.05, 0.1) is 37.5 Å². The van der Waals surface area contributed by atoms with Crippen LogP contribution in [-0.4, -0.2) is 311 Å². The van der Waals surface area contributed by atoms with E-state index in [0.29, 0.717) is 19.3 Å². The van der Waals surface area contributed by atoms with Gasteiger partial charge >= 0.3 is 35.9 Å². The molecule has 0 rings (SSSR count). The number of ether oxygens (including phenoxy) is 5. The Morgan fingerprint density at radius 3 is 1.02 bits per heavy atom. The summed E-state index contributed by atoms with van der Waals surface area (Å²) in [5, 5.41) is 40.1. The van der Waals surface area contributed by atoms with Gasteiger partial charge in [0.25, 0.3) is 0 Å². The van der Waals surface area contributed by atoms with Crippen molar-refractivity contribution >= 4 is 89.1 Å². The summed E-state index contributed by atoms with van der Waals surface area (Å²) < 4.78 is 26.0. The van der Waals surface area contributed by atoms with E-state index >= 15 is 0 Å². The maximum atomic E-state index is 14.7. The van der Waals surface area contributed by atoms with E-state index in [1.54, 1.807) is 97.1 Å². The monoisotopic (exact) mass is 1710 g/mol. The van der Waals surface area contributed by atoms with E-state index in [4.69, 9.17) is 34.5 Å². The first kappa shape index (κ1) is 115. The average molecular weight is 1710 g/mol. The Morgan fingerprint density at radius 2 is 0.758 bits per heavy atom. The summed E-state index contributed by atoms with van der Waals surface area (Å²) in [6.07, 6.45) is 5.96. The Bertz CT molecular complexity index is 3380. The summed E-state index contributed by atoms with van der Waals surface area (Å²) >= 11 is 0. The first-order valence-corrected chi connectivity index (χ1v) is 41.2. The lowest BCUT2D eigenvalue weighted by Gasteiger charge is -2.42. The number of carboxylic acids is 1. The van der Waals surface area contributed by atoms with Crippen molar-refractivity contribution in [2.75, 3.05) is 70.6 Å². The van der Waals surface area contributed by atoms with Crippen molar-refractivity contribution in [3.8, 4) is 0 Å². The van der Waals surface area contributed by atoms with Gasteiger partial charge in [0.1, 0.15) is 78.2 Å². The van der Waals surface area contributed by atoms with E-state index < -0.39 is 208 Å². The van der Waals surface area contributed by atoms with Crippen LogP contribution in [0, 0.1) is 35.5 Å². The maximum Gasteiger partial charge on any atom is 0.408 e. The standard InChI is InChI=1S/C40H72N6O10.C37H67N5O9.C8H15NO4/c1-17-19-20-25(7)33(56-27(9)47)32(34(48)42-28(18-2)39(53)55-16)46(15)38(52)31(24(5)6)45(14)36(50)29(21-23(3)4)43(12)37(51)30(22-40(10,11)54)44(13)35(49)26(8)41;1-16-18-19-24(7)31(51-25(8)43)30(32(44)39-26(17-2)36(48)50-15)42(14)35(47)29(23(5)6)41(13)34(46)28(20-22(3)4)40(12)33(45)27(38-11)21-37(9,10)49;1-5(6(10)11)9-7(12)13-8(2,3)4/h17,19,23-26,28-33,54H,18,20-22,41H2,1-16H3,(H,42,48);16,18,22-24,26-31,38,49H,17,19-21H2,1-15H3,(H,39,44);5H,1-4H3,(H,9,12)(H,10,11)/b19-17+;18-16+;/t25-,26-,28+,29+,30+,31+,32+,33-;24-,26+,27+,28+,29+,30+,31-;5-/m111/s1. The predicted molar refractivity (Wildman–Crippen MR) is 456 cm³/mol. The number of esters is 4. The lowest BCUT2D eigenvalue weighted by molar-refractivity contribution is -0.164. The third kappa shape index (κ3) is 39.4. The smallest absolute Gasteiger partial charge is 0.408 e. The van der Waals surface area contributed by atoms with Gasteiger partial charge in [0, 0.05) is 69.6 Å². The number of nitrogens with zero attached hydrogens (tertiary/aromatic N) is 7. The highest BCUT2D eigenvalue weighted by Crippen LogP contribution is 2.30.